The zero-order chi connectivity index (χ0) is 41.5. The van der Waals surface area contributed by atoms with Crippen molar-refractivity contribution in [2.24, 2.45) is 5.41 Å². The lowest BCUT2D eigenvalue weighted by molar-refractivity contribution is 0.118. The molecule has 3 aliphatic rings. The van der Waals surface area contributed by atoms with Crippen LogP contribution in [0.1, 0.15) is 93.0 Å². The first kappa shape index (κ1) is 39.7. The van der Waals surface area contributed by atoms with Gasteiger partial charge in [-0.2, -0.15) is 0 Å². The zero-order valence-electron chi connectivity index (χ0n) is 35.6. The Hall–Kier alpha value is -5.72. The minimum atomic E-state index is -0.986. The molecule has 6 nitrogen and oxygen atoms in total. The summed E-state index contributed by atoms with van der Waals surface area (Å²) in [5, 5.41) is 11.6. The largest absolute Gasteiger partial charge is 0.497 e. The summed E-state index contributed by atoms with van der Waals surface area (Å²) in [5.41, 5.74) is 9.87. The highest BCUT2D eigenvalue weighted by molar-refractivity contribution is 6.10. The maximum Gasteiger partial charge on any atom is 0.178 e. The Balaban J connectivity index is 1.33. The number of rotatable bonds is 13. The third-order valence-corrected chi connectivity index (χ3v) is 13.8. The van der Waals surface area contributed by atoms with E-state index in [1.165, 1.54) is 60.8 Å². The van der Waals surface area contributed by atoms with E-state index >= 15 is 0 Å². The first-order chi connectivity index (χ1) is 29.4. The van der Waals surface area contributed by atoms with E-state index in [0.717, 1.165) is 74.4 Å². The van der Waals surface area contributed by atoms with Gasteiger partial charge in [0.15, 0.2) is 5.60 Å². The van der Waals surface area contributed by atoms with Crippen LogP contribution in [-0.4, -0.2) is 39.6 Å². The molecule has 1 spiro atoms. The molecule has 0 radical (unpaired) electrons. The SMILES string of the molecule is CCCC1(CCC)CCC2(CC1)c1ccccc1-c1c2c2c(c3cc(OC)c(-c4ccc(OC)cc4)cc13)OC(c1ccc(OC)cc1)(c1ccc(OCCO)cc1)C=C2. The van der Waals surface area contributed by atoms with Crippen LogP contribution in [0.15, 0.2) is 115 Å². The van der Waals surface area contributed by atoms with Gasteiger partial charge in [0.1, 0.15) is 35.4 Å². The first-order valence-electron chi connectivity index (χ1n) is 21.7. The summed E-state index contributed by atoms with van der Waals surface area (Å²) in [6, 6.07) is 38.2. The van der Waals surface area contributed by atoms with Crippen molar-refractivity contribution >= 4 is 16.8 Å². The summed E-state index contributed by atoms with van der Waals surface area (Å²) < 4.78 is 31.0. The van der Waals surface area contributed by atoms with Gasteiger partial charge in [-0.25, -0.2) is 0 Å². The van der Waals surface area contributed by atoms with E-state index in [1.807, 2.05) is 36.4 Å². The maximum atomic E-state index is 9.45. The molecule has 1 saturated carbocycles. The van der Waals surface area contributed by atoms with Gasteiger partial charge in [0, 0.05) is 33.1 Å². The number of fused-ring (bicyclic) bond motifs is 10. The predicted molar refractivity (Wildman–Crippen MR) is 242 cm³/mol. The lowest BCUT2D eigenvalue weighted by Gasteiger charge is -2.47. The molecule has 0 amide bonds. The Kier molecular flexibility index (Phi) is 10.6. The molecule has 1 atom stereocenters. The van der Waals surface area contributed by atoms with Crippen LogP contribution in [-0.2, 0) is 11.0 Å². The van der Waals surface area contributed by atoms with Gasteiger partial charge in [0.05, 0.1) is 27.9 Å². The fourth-order valence-electron chi connectivity index (χ4n) is 11.1. The monoisotopic (exact) mass is 800 g/mol. The number of ether oxygens (including phenoxy) is 5. The van der Waals surface area contributed by atoms with Crippen molar-refractivity contribution in [1.29, 1.82) is 0 Å². The third-order valence-electron chi connectivity index (χ3n) is 13.8. The average Bonchev–Trinajstić information content (AvgIpc) is 3.59. The molecule has 60 heavy (non-hydrogen) atoms. The molecule has 1 heterocycles. The van der Waals surface area contributed by atoms with E-state index in [1.54, 1.807) is 21.3 Å². The molecule has 0 aromatic heterocycles. The van der Waals surface area contributed by atoms with Crippen molar-refractivity contribution in [1.82, 2.24) is 0 Å². The Morgan fingerprint density at radius 1 is 0.650 bits per heavy atom. The van der Waals surface area contributed by atoms with Crippen LogP contribution in [0, 0.1) is 5.41 Å². The van der Waals surface area contributed by atoms with E-state index < -0.39 is 5.60 Å². The third kappa shape index (κ3) is 6.42. The molecule has 6 aromatic rings. The minimum Gasteiger partial charge on any atom is -0.497 e. The number of aliphatic hydroxyl groups is 1. The molecule has 0 bridgehead atoms. The Morgan fingerprint density at radius 3 is 1.87 bits per heavy atom. The van der Waals surface area contributed by atoms with Crippen molar-refractivity contribution in [3.05, 3.63) is 143 Å². The molecule has 6 heteroatoms. The molecule has 1 fully saturated rings. The van der Waals surface area contributed by atoms with E-state index in [4.69, 9.17) is 23.7 Å². The highest BCUT2D eigenvalue weighted by Gasteiger charge is 2.52. The number of hydrogen-bond acceptors (Lipinski definition) is 6. The van der Waals surface area contributed by atoms with Crippen LogP contribution in [0.2, 0.25) is 0 Å². The fourth-order valence-corrected chi connectivity index (χ4v) is 11.1. The number of aliphatic hydroxyl groups excluding tert-OH is 1. The minimum absolute atomic E-state index is 0.0508. The van der Waals surface area contributed by atoms with Crippen LogP contribution in [0.5, 0.6) is 28.7 Å². The summed E-state index contributed by atoms with van der Waals surface area (Å²) in [6.07, 6.45) is 14.2. The average molecular weight is 801 g/mol. The summed E-state index contributed by atoms with van der Waals surface area (Å²) in [6.45, 7) is 4.88. The number of hydrogen-bond donors (Lipinski definition) is 1. The first-order valence-corrected chi connectivity index (χ1v) is 21.7. The van der Waals surface area contributed by atoms with Crippen molar-refractivity contribution in [2.75, 3.05) is 34.5 Å². The molecule has 9 rings (SSSR count). The molecule has 308 valence electrons. The van der Waals surface area contributed by atoms with Gasteiger partial charge < -0.3 is 28.8 Å². The predicted octanol–water partition coefficient (Wildman–Crippen LogP) is 12.7. The van der Waals surface area contributed by atoms with Gasteiger partial charge in [0.2, 0.25) is 0 Å². The van der Waals surface area contributed by atoms with Crippen LogP contribution in [0.4, 0.5) is 0 Å². The molecule has 1 N–H and O–H groups in total. The lowest BCUT2D eigenvalue weighted by atomic mass is 9.57. The van der Waals surface area contributed by atoms with Crippen molar-refractivity contribution < 1.29 is 28.8 Å². The standard InChI is InChI=1S/C54H56O6/c1-6-25-52(26-7-2)28-30-53(31-29-52)47-11-9-8-10-42(47)49-45-34-44(36-12-18-39(56-3)19-13-36)48(58-5)35-46(45)51-43(50(49)53)24-27-54(60-51,37-14-20-40(57-4)21-15-37)38-16-22-41(23-17-38)59-33-32-55/h8-24,27,34-35,55H,6-7,25-26,28-33H2,1-5H3. The molecule has 6 aromatic carbocycles. The molecule has 0 saturated heterocycles. The second kappa shape index (κ2) is 16.0. The zero-order valence-corrected chi connectivity index (χ0v) is 35.6. The molecule has 1 aliphatic heterocycles. The van der Waals surface area contributed by atoms with E-state index in [2.05, 4.69) is 98.8 Å². The van der Waals surface area contributed by atoms with Crippen molar-refractivity contribution in [3.8, 4) is 51.0 Å². The molecular weight excluding hydrogens is 745 g/mol. The molecular formula is C54H56O6. The second-order valence-electron chi connectivity index (χ2n) is 16.9. The Labute approximate surface area is 354 Å². The summed E-state index contributed by atoms with van der Waals surface area (Å²) in [4.78, 5) is 0. The van der Waals surface area contributed by atoms with Crippen LogP contribution < -0.4 is 23.7 Å². The smallest absolute Gasteiger partial charge is 0.178 e. The summed E-state index contributed by atoms with van der Waals surface area (Å²) in [5.74, 6) is 3.91. The number of methoxy groups -OCH3 is 3. The topological polar surface area (TPSA) is 66.4 Å². The van der Waals surface area contributed by atoms with Crippen LogP contribution in [0.3, 0.4) is 0 Å². The highest BCUT2D eigenvalue weighted by atomic mass is 16.5. The maximum absolute atomic E-state index is 9.45. The fraction of sp³-hybridized carbons (Fsp3) is 0.333. The lowest BCUT2D eigenvalue weighted by Crippen LogP contribution is -2.38. The Bertz CT molecular complexity index is 2520. The van der Waals surface area contributed by atoms with Gasteiger partial charge in [-0.3, -0.25) is 0 Å². The van der Waals surface area contributed by atoms with Gasteiger partial charge in [-0.15, -0.1) is 0 Å². The van der Waals surface area contributed by atoms with Crippen LogP contribution in [0.25, 0.3) is 39.1 Å². The quantitative estimate of drug-likeness (QED) is 0.125. The van der Waals surface area contributed by atoms with Gasteiger partial charge in [-0.05, 0) is 132 Å². The normalized spacial score (nSPS) is 18.0. The second-order valence-corrected chi connectivity index (χ2v) is 16.9. The van der Waals surface area contributed by atoms with E-state index in [-0.39, 0.29) is 18.6 Å². The van der Waals surface area contributed by atoms with Crippen molar-refractivity contribution in [2.45, 2.75) is 76.2 Å². The molecule has 2 aliphatic carbocycles. The van der Waals surface area contributed by atoms with E-state index in [9.17, 15) is 5.11 Å². The van der Waals surface area contributed by atoms with Gasteiger partial charge >= 0.3 is 0 Å². The summed E-state index contributed by atoms with van der Waals surface area (Å²) in [7, 11) is 5.14. The van der Waals surface area contributed by atoms with Crippen molar-refractivity contribution in [3.63, 3.8) is 0 Å². The Morgan fingerprint density at radius 2 is 1.27 bits per heavy atom. The highest BCUT2D eigenvalue weighted by Crippen LogP contribution is 2.65. The van der Waals surface area contributed by atoms with Crippen LogP contribution >= 0.6 is 0 Å². The van der Waals surface area contributed by atoms with E-state index in [0.29, 0.717) is 11.2 Å². The van der Waals surface area contributed by atoms with Gasteiger partial charge in [0.25, 0.3) is 0 Å². The number of benzene rings is 6. The summed E-state index contributed by atoms with van der Waals surface area (Å²) >= 11 is 0. The van der Waals surface area contributed by atoms with Gasteiger partial charge in [-0.1, -0.05) is 93.4 Å². The molecule has 1 unspecified atom stereocenters.